The van der Waals surface area contributed by atoms with Gasteiger partial charge in [0.1, 0.15) is 11.4 Å². The fourth-order valence-electron chi connectivity index (χ4n) is 0.997. The van der Waals surface area contributed by atoms with Crippen LogP contribution in [0.25, 0.3) is 0 Å². The van der Waals surface area contributed by atoms with Gasteiger partial charge in [-0.2, -0.15) is 9.76 Å². The fourth-order valence-corrected chi connectivity index (χ4v) is 2.71. The van der Waals surface area contributed by atoms with E-state index < -0.39 is 7.29 Å². The number of fused-ring (bicyclic) bond motifs is 1. The molecule has 0 N–H and O–H groups in total. The van der Waals surface area contributed by atoms with Gasteiger partial charge in [0, 0.05) is 6.16 Å². The Morgan fingerprint density at radius 1 is 1.78 bits per heavy atom. The van der Waals surface area contributed by atoms with E-state index in [1.807, 2.05) is 6.08 Å². The van der Waals surface area contributed by atoms with Crippen LogP contribution in [-0.2, 0) is 4.57 Å². The van der Waals surface area contributed by atoms with Crippen LogP contribution in [0.3, 0.4) is 0 Å². The lowest BCUT2D eigenvalue weighted by atomic mass is 10.5. The van der Waals surface area contributed by atoms with Crippen LogP contribution in [-0.4, -0.2) is 12.2 Å². The first kappa shape index (κ1) is 5.16. The van der Waals surface area contributed by atoms with Crippen molar-refractivity contribution in [2.24, 2.45) is 9.76 Å². The molecule has 0 saturated heterocycles. The highest BCUT2D eigenvalue weighted by molar-refractivity contribution is 7.67. The molecule has 0 fully saturated rings. The maximum absolute atomic E-state index is 11.4. The van der Waals surface area contributed by atoms with Crippen molar-refractivity contribution in [1.29, 1.82) is 0 Å². The van der Waals surface area contributed by atoms with Crippen LogP contribution >= 0.6 is 7.29 Å². The highest BCUT2D eigenvalue weighted by Gasteiger charge is 2.32. The quantitative estimate of drug-likeness (QED) is 0.472. The molecule has 9 heavy (non-hydrogen) atoms. The second-order valence-electron chi connectivity index (χ2n) is 2.09. The molecule has 0 saturated carbocycles. The molecule has 1 unspecified atom stereocenters. The van der Waals surface area contributed by atoms with Crippen molar-refractivity contribution in [3.05, 3.63) is 11.5 Å². The molecule has 4 heteroatoms. The number of rotatable bonds is 0. The van der Waals surface area contributed by atoms with Crippen molar-refractivity contribution < 1.29 is 4.57 Å². The summed E-state index contributed by atoms with van der Waals surface area (Å²) in [6, 6.07) is 2.38. The predicted octanol–water partition coefficient (Wildman–Crippen LogP) is 1.70. The molecule has 0 amide bonds. The van der Waals surface area contributed by atoms with E-state index >= 15 is 0 Å². The average molecular weight is 140 g/mol. The topological polar surface area (TPSA) is 41.8 Å². The highest BCUT2D eigenvalue weighted by Crippen LogP contribution is 2.61. The Morgan fingerprint density at radius 2 is 2.67 bits per heavy atom. The third kappa shape index (κ3) is 0.562. The van der Waals surface area contributed by atoms with Crippen LogP contribution in [0.4, 0.5) is 0 Å². The monoisotopic (exact) mass is 140 g/mol. The van der Waals surface area contributed by atoms with Gasteiger partial charge in [-0.1, -0.05) is 6.08 Å². The molecule has 0 aromatic rings. The molecule has 0 bridgehead atoms. The Morgan fingerprint density at radius 3 is 3.44 bits per heavy atom. The van der Waals surface area contributed by atoms with E-state index in [0.717, 1.165) is 6.42 Å². The fraction of sp³-hybridized carbons (Fsp3) is 0.400. The third-order valence-corrected chi connectivity index (χ3v) is 3.76. The maximum Gasteiger partial charge on any atom is 0.246 e. The van der Waals surface area contributed by atoms with Crippen molar-refractivity contribution in [2.75, 3.05) is 6.16 Å². The van der Waals surface area contributed by atoms with Gasteiger partial charge in [-0.05, 0) is 6.42 Å². The van der Waals surface area contributed by atoms with Crippen molar-refractivity contribution in [2.45, 2.75) is 6.42 Å². The summed E-state index contributed by atoms with van der Waals surface area (Å²) in [5.41, 5.74) is 0.669. The summed E-state index contributed by atoms with van der Waals surface area (Å²) in [4.78, 5) is 3.75. The lowest BCUT2D eigenvalue weighted by Gasteiger charge is -1.96. The molecule has 2 aliphatic rings. The third-order valence-electron chi connectivity index (χ3n) is 1.49. The van der Waals surface area contributed by atoms with Crippen LogP contribution in [0.2, 0.25) is 0 Å². The summed E-state index contributed by atoms with van der Waals surface area (Å²) in [5.74, 6) is 0. The van der Waals surface area contributed by atoms with Crippen molar-refractivity contribution in [1.82, 2.24) is 0 Å². The molecule has 2 heterocycles. The van der Waals surface area contributed by atoms with Gasteiger partial charge in [0.25, 0.3) is 0 Å². The van der Waals surface area contributed by atoms with Crippen LogP contribution in [0.15, 0.2) is 21.3 Å². The minimum atomic E-state index is -2.32. The smallest absolute Gasteiger partial charge is 0.246 e. The number of nitrogens with zero attached hydrogens (tertiary/aromatic N) is 2. The van der Waals surface area contributed by atoms with Gasteiger partial charge in [0.2, 0.25) is 7.29 Å². The SMILES string of the molecule is O=P12CCC=C1N=C=N2. The first-order valence-corrected chi connectivity index (χ1v) is 4.63. The molecular formula is C5H5N2OP. The summed E-state index contributed by atoms with van der Waals surface area (Å²) in [6.07, 6.45) is 3.41. The lowest BCUT2D eigenvalue weighted by molar-refractivity contribution is 0.582. The highest BCUT2D eigenvalue weighted by atomic mass is 31.2. The molecule has 3 nitrogen and oxygen atoms in total. The zero-order valence-electron chi connectivity index (χ0n) is 4.74. The van der Waals surface area contributed by atoms with Crippen LogP contribution in [0.5, 0.6) is 0 Å². The zero-order valence-corrected chi connectivity index (χ0v) is 5.64. The van der Waals surface area contributed by atoms with Gasteiger partial charge in [0.05, 0.1) is 0 Å². The molecule has 0 spiro atoms. The second kappa shape index (κ2) is 1.44. The first-order chi connectivity index (χ1) is 4.31. The number of allylic oxidation sites excluding steroid dienone is 1. The van der Waals surface area contributed by atoms with Crippen molar-refractivity contribution in [3.63, 3.8) is 0 Å². The van der Waals surface area contributed by atoms with E-state index in [1.165, 1.54) is 0 Å². The normalized spacial score (nSPS) is 37.1. The standard InChI is InChI=1S/C5H5N2OP/c8-9-3-1-2-5(9)6-4-7-9/h2H,1,3H2. The van der Waals surface area contributed by atoms with E-state index in [1.54, 1.807) is 0 Å². The summed E-state index contributed by atoms with van der Waals surface area (Å²) < 4.78 is 15.1. The minimum Gasteiger partial charge on any atom is -0.291 e. The van der Waals surface area contributed by atoms with E-state index in [4.69, 9.17) is 0 Å². The summed E-state index contributed by atoms with van der Waals surface area (Å²) >= 11 is 0. The van der Waals surface area contributed by atoms with Crippen LogP contribution in [0, 0.1) is 0 Å². The molecule has 0 aromatic carbocycles. The summed E-state index contributed by atoms with van der Waals surface area (Å²) in [7, 11) is -2.32. The Hall–Kier alpha value is -0.650. The Kier molecular flexibility index (Phi) is 0.825. The van der Waals surface area contributed by atoms with E-state index in [9.17, 15) is 4.57 Å². The summed E-state index contributed by atoms with van der Waals surface area (Å²) in [6.45, 7) is 0. The zero-order chi connectivity index (χ0) is 6.32. The molecule has 2 rings (SSSR count). The molecule has 0 radical (unpaired) electrons. The summed E-state index contributed by atoms with van der Waals surface area (Å²) in [5, 5.41) is 0. The second-order valence-corrected chi connectivity index (χ2v) is 4.60. The van der Waals surface area contributed by atoms with Gasteiger partial charge in [-0.3, -0.25) is 4.57 Å². The molecular weight excluding hydrogens is 135 g/mol. The first-order valence-electron chi connectivity index (χ1n) is 2.79. The van der Waals surface area contributed by atoms with Gasteiger partial charge < -0.3 is 0 Å². The lowest BCUT2D eigenvalue weighted by Crippen LogP contribution is -1.73. The van der Waals surface area contributed by atoms with Crippen LogP contribution < -0.4 is 0 Å². The van der Waals surface area contributed by atoms with Gasteiger partial charge in [0.15, 0.2) is 0 Å². The molecule has 2 aliphatic heterocycles. The van der Waals surface area contributed by atoms with Crippen molar-refractivity contribution >= 4 is 13.3 Å². The number of hydrogen-bond donors (Lipinski definition) is 0. The maximum atomic E-state index is 11.4. The Labute approximate surface area is 52.6 Å². The van der Waals surface area contributed by atoms with Crippen molar-refractivity contribution in [3.8, 4) is 0 Å². The van der Waals surface area contributed by atoms with Gasteiger partial charge in [-0.15, -0.1) is 0 Å². The molecule has 0 aliphatic carbocycles. The average Bonchev–Trinajstić information content (AvgIpc) is 2.22. The van der Waals surface area contributed by atoms with Crippen LogP contribution in [0.1, 0.15) is 6.42 Å². The molecule has 1 atom stereocenters. The molecule has 46 valence electrons. The van der Waals surface area contributed by atoms with E-state index in [0.29, 0.717) is 11.6 Å². The minimum absolute atomic E-state index is 0.666. The number of aliphatic imine (C=N–C) groups is 1. The van der Waals surface area contributed by atoms with Gasteiger partial charge >= 0.3 is 0 Å². The van der Waals surface area contributed by atoms with E-state index in [-0.39, 0.29) is 0 Å². The van der Waals surface area contributed by atoms with E-state index in [2.05, 4.69) is 15.8 Å². The number of hydrogen-bond acceptors (Lipinski definition) is 2. The predicted molar refractivity (Wildman–Crippen MR) is 35.0 cm³/mol. The Bertz CT molecular complexity index is 285. The Balaban J connectivity index is 2.61. The largest absolute Gasteiger partial charge is 0.291 e. The molecule has 0 aromatic heterocycles. The van der Waals surface area contributed by atoms with Gasteiger partial charge in [-0.25, -0.2) is 0 Å².